The number of nitrogens with zero attached hydrogens (tertiary/aromatic N) is 4. The molecule has 0 amide bonds. The number of aromatic nitrogens is 3. The first-order valence-corrected chi connectivity index (χ1v) is 11.0. The van der Waals surface area contributed by atoms with Crippen molar-refractivity contribution in [1.29, 1.82) is 0 Å². The molecular weight excluding hydrogens is 360 g/mol. The van der Waals surface area contributed by atoms with Gasteiger partial charge < -0.3 is 20.1 Å². The number of aromatic amines is 1. The van der Waals surface area contributed by atoms with Gasteiger partial charge in [-0.25, -0.2) is 9.97 Å². The molecule has 0 bridgehead atoms. The Morgan fingerprint density at radius 1 is 0.931 bits per heavy atom. The highest BCUT2D eigenvalue weighted by molar-refractivity contribution is 5.93. The van der Waals surface area contributed by atoms with E-state index in [4.69, 9.17) is 9.97 Å². The molecule has 3 aliphatic heterocycles. The lowest BCUT2D eigenvalue weighted by Gasteiger charge is -2.37. The van der Waals surface area contributed by atoms with Crippen molar-refractivity contribution in [1.82, 2.24) is 25.2 Å². The SMILES string of the molecule is c1ccc2c(-c3nc4c(c(N5CCC(N6CCCC6)CC5)n3)CNC4)c[nH]c2c1. The number of hydrogen-bond acceptors (Lipinski definition) is 5. The molecule has 150 valence electrons. The molecule has 6 nitrogen and oxygen atoms in total. The maximum atomic E-state index is 5.12. The number of fused-ring (bicyclic) bond motifs is 2. The van der Waals surface area contributed by atoms with E-state index >= 15 is 0 Å². The Morgan fingerprint density at radius 3 is 2.62 bits per heavy atom. The third kappa shape index (κ3) is 3.02. The molecule has 1 aromatic carbocycles. The Balaban J connectivity index is 1.33. The predicted octanol–water partition coefficient (Wildman–Crippen LogP) is 3.29. The largest absolute Gasteiger partial charge is 0.360 e. The lowest BCUT2D eigenvalue weighted by atomic mass is 10.0. The van der Waals surface area contributed by atoms with Gasteiger partial charge in [0.25, 0.3) is 0 Å². The number of H-pyrrole nitrogens is 1. The van der Waals surface area contributed by atoms with E-state index < -0.39 is 0 Å². The lowest BCUT2D eigenvalue weighted by molar-refractivity contribution is 0.207. The van der Waals surface area contributed by atoms with E-state index in [1.807, 2.05) is 0 Å². The zero-order valence-electron chi connectivity index (χ0n) is 16.8. The summed E-state index contributed by atoms with van der Waals surface area (Å²) in [6, 6.07) is 9.16. The average Bonchev–Trinajstić information content (AvgIpc) is 3.53. The van der Waals surface area contributed by atoms with Crippen molar-refractivity contribution in [3.8, 4) is 11.4 Å². The highest BCUT2D eigenvalue weighted by Gasteiger charge is 2.30. The summed E-state index contributed by atoms with van der Waals surface area (Å²) in [5.41, 5.74) is 4.70. The van der Waals surface area contributed by atoms with E-state index in [1.54, 1.807) is 0 Å². The molecule has 0 spiro atoms. The molecule has 0 saturated carbocycles. The van der Waals surface area contributed by atoms with Crippen LogP contribution < -0.4 is 10.2 Å². The Morgan fingerprint density at radius 2 is 1.76 bits per heavy atom. The van der Waals surface area contributed by atoms with Gasteiger partial charge in [-0.1, -0.05) is 18.2 Å². The molecular formula is C23H28N6. The molecule has 0 atom stereocenters. The van der Waals surface area contributed by atoms with E-state index in [2.05, 4.69) is 50.6 Å². The van der Waals surface area contributed by atoms with E-state index in [9.17, 15) is 0 Å². The minimum absolute atomic E-state index is 0.759. The summed E-state index contributed by atoms with van der Waals surface area (Å²) in [4.78, 5) is 18.7. The van der Waals surface area contributed by atoms with Crippen LogP contribution in [-0.2, 0) is 13.1 Å². The normalized spacial score (nSPS) is 20.6. The Bertz CT molecular complexity index is 1030. The zero-order chi connectivity index (χ0) is 19.2. The van der Waals surface area contributed by atoms with Crippen molar-refractivity contribution in [2.75, 3.05) is 31.1 Å². The fourth-order valence-electron chi connectivity index (χ4n) is 5.34. The Hall–Kier alpha value is -2.44. The number of benzene rings is 1. The van der Waals surface area contributed by atoms with Crippen LogP contribution in [0, 0.1) is 0 Å². The smallest absolute Gasteiger partial charge is 0.163 e. The summed E-state index contributed by atoms with van der Waals surface area (Å²) >= 11 is 0. The maximum Gasteiger partial charge on any atom is 0.163 e. The van der Waals surface area contributed by atoms with Crippen LogP contribution in [0.1, 0.15) is 36.9 Å². The standard InChI is InChI=1S/C23H28N6/c1-2-6-20-17(5-1)18(14-25-20)22-26-21-15-24-13-19(21)23(27-22)29-11-7-16(8-12-29)28-9-3-4-10-28/h1-2,5-6,14,16,24-25H,3-4,7-13,15H2. The van der Waals surface area contributed by atoms with Gasteiger partial charge in [0, 0.05) is 60.4 Å². The first kappa shape index (κ1) is 17.4. The van der Waals surface area contributed by atoms with Gasteiger partial charge in [0.2, 0.25) is 0 Å². The second-order valence-electron chi connectivity index (χ2n) is 8.61. The van der Waals surface area contributed by atoms with Crippen LogP contribution in [0.5, 0.6) is 0 Å². The summed E-state index contributed by atoms with van der Waals surface area (Å²) in [7, 11) is 0. The van der Waals surface area contributed by atoms with Crippen molar-refractivity contribution < 1.29 is 0 Å². The minimum atomic E-state index is 0.759. The first-order valence-electron chi connectivity index (χ1n) is 11.0. The van der Waals surface area contributed by atoms with Crippen molar-refractivity contribution in [2.24, 2.45) is 0 Å². The van der Waals surface area contributed by atoms with Crippen LogP contribution in [-0.4, -0.2) is 52.1 Å². The van der Waals surface area contributed by atoms with Gasteiger partial charge in [-0.05, 0) is 44.8 Å². The van der Waals surface area contributed by atoms with Gasteiger partial charge >= 0.3 is 0 Å². The topological polar surface area (TPSA) is 60.1 Å². The third-order valence-corrected chi connectivity index (χ3v) is 6.92. The van der Waals surface area contributed by atoms with Gasteiger partial charge in [-0.15, -0.1) is 0 Å². The lowest BCUT2D eigenvalue weighted by Crippen LogP contribution is -2.44. The third-order valence-electron chi connectivity index (χ3n) is 6.92. The molecule has 6 heteroatoms. The molecule has 2 fully saturated rings. The van der Waals surface area contributed by atoms with E-state index in [1.165, 1.54) is 49.7 Å². The van der Waals surface area contributed by atoms with Crippen LogP contribution in [0.4, 0.5) is 5.82 Å². The van der Waals surface area contributed by atoms with Crippen LogP contribution >= 0.6 is 0 Å². The summed E-state index contributed by atoms with van der Waals surface area (Å²) in [6.45, 7) is 6.50. The number of rotatable bonds is 3. The van der Waals surface area contributed by atoms with Gasteiger partial charge in [-0.2, -0.15) is 0 Å². The van der Waals surface area contributed by atoms with Crippen LogP contribution in [0.2, 0.25) is 0 Å². The predicted molar refractivity (Wildman–Crippen MR) is 116 cm³/mol. The number of anilines is 1. The molecule has 2 saturated heterocycles. The van der Waals surface area contributed by atoms with Crippen LogP contribution in [0.3, 0.4) is 0 Å². The molecule has 6 rings (SSSR count). The molecule has 0 unspecified atom stereocenters. The highest BCUT2D eigenvalue weighted by Crippen LogP contribution is 2.33. The number of para-hydroxylation sites is 1. The second-order valence-corrected chi connectivity index (χ2v) is 8.61. The number of likely N-dealkylation sites (tertiary alicyclic amines) is 1. The molecule has 0 radical (unpaired) electrons. The Kier molecular flexibility index (Phi) is 4.27. The minimum Gasteiger partial charge on any atom is -0.360 e. The summed E-state index contributed by atoms with van der Waals surface area (Å²) in [5, 5.41) is 4.68. The van der Waals surface area contributed by atoms with Crippen molar-refractivity contribution in [2.45, 2.75) is 44.8 Å². The molecule has 29 heavy (non-hydrogen) atoms. The van der Waals surface area contributed by atoms with E-state index in [0.29, 0.717) is 0 Å². The number of piperidine rings is 1. The van der Waals surface area contributed by atoms with Gasteiger partial charge in [0.05, 0.1) is 5.69 Å². The summed E-state index contributed by atoms with van der Waals surface area (Å²) < 4.78 is 0. The van der Waals surface area contributed by atoms with Crippen molar-refractivity contribution in [3.05, 3.63) is 41.7 Å². The highest BCUT2D eigenvalue weighted by atomic mass is 15.2. The molecule has 2 N–H and O–H groups in total. The number of hydrogen-bond donors (Lipinski definition) is 2. The second kappa shape index (κ2) is 7.11. The molecule has 3 aliphatic rings. The molecule has 0 aliphatic carbocycles. The molecule has 2 aromatic heterocycles. The fourth-order valence-corrected chi connectivity index (χ4v) is 5.34. The molecule has 5 heterocycles. The quantitative estimate of drug-likeness (QED) is 0.721. The van der Waals surface area contributed by atoms with Crippen LogP contribution in [0.25, 0.3) is 22.3 Å². The van der Waals surface area contributed by atoms with E-state index in [-0.39, 0.29) is 0 Å². The van der Waals surface area contributed by atoms with Crippen LogP contribution in [0.15, 0.2) is 30.5 Å². The number of nitrogens with one attached hydrogen (secondary N) is 2. The summed E-state index contributed by atoms with van der Waals surface area (Å²) in [5.74, 6) is 2.00. The average molecular weight is 389 g/mol. The summed E-state index contributed by atoms with van der Waals surface area (Å²) in [6.07, 6.45) is 7.29. The fraction of sp³-hybridized carbons (Fsp3) is 0.478. The monoisotopic (exact) mass is 388 g/mol. The molecule has 3 aromatic rings. The van der Waals surface area contributed by atoms with Gasteiger partial charge in [0.15, 0.2) is 5.82 Å². The maximum absolute atomic E-state index is 5.12. The Labute approximate surface area is 171 Å². The van der Waals surface area contributed by atoms with Gasteiger partial charge in [-0.3, -0.25) is 0 Å². The van der Waals surface area contributed by atoms with Crippen molar-refractivity contribution >= 4 is 16.7 Å². The van der Waals surface area contributed by atoms with E-state index in [0.717, 1.165) is 60.6 Å². The first-order chi connectivity index (χ1) is 14.4. The van der Waals surface area contributed by atoms with Gasteiger partial charge in [0.1, 0.15) is 5.82 Å². The zero-order valence-corrected chi connectivity index (χ0v) is 16.8. The van der Waals surface area contributed by atoms with Crippen molar-refractivity contribution in [3.63, 3.8) is 0 Å².